The first-order chi connectivity index (χ1) is 9.63. The molecular formula is C15H19ClFNO2. The lowest BCUT2D eigenvalue weighted by molar-refractivity contribution is -0.0417. The molecule has 2 saturated heterocycles. The van der Waals surface area contributed by atoms with E-state index in [0.717, 1.165) is 44.8 Å². The zero-order chi connectivity index (χ0) is 14.2. The Labute approximate surface area is 123 Å². The number of halogens is 2. The van der Waals surface area contributed by atoms with Crippen LogP contribution in [0.25, 0.3) is 0 Å². The lowest BCUT2D eigenvalue weighted by Crippen LogP contribution is -2.41. The third kappa shape index (κ3) is 2.58. The van der Waals surface area contributed by atoms with E-state index in [4.69, 9.17) is 16.3 Å². The Hall–Kier alpha value is -0.680. The molecule has 0 aliphatic carbocycles. The van der Waals surface area contributed by atoms with E-state index in [9.17, 15) is 9.50 Å². The van der Waals surface area contributed by atoms with E-state index in [2.05, 4.69) is 4.90 Å². The monoisotopic (exact) mass is 299 g/mol. The van der Waals surface area contributed by atoms with Crippen LogP contribution in [0.15, 0.2) is 18.2 Å². The molecule has 1 aromatic carbocycles. The second kappa shape index (κ2) is 5.60. The van der Waals surface area contributed by atoms with Crippen LogP contribution in [-0.2, 0) is 11.3 Å². The molecule has 0 saturated carbocycles. The van der Waals surface area contributed by atoms with E-state index in [-0.39, 0.29) is 22.9 Å². The number of benzene rings is 1. The summed E-state index contributed by atoms with van der Waals surface area (Å²) < 4.78 is 18.7. The molecule has 20 heavy (non-hydrogen) atoms. The van der Waals surface area contributed by atoms with E-state index in [1.807, 2.05) is 0 Å². The lowest BCUT2D eigenvalue weighted by atomic mass is 9.75. The smallest absolute Gasteiger partial charge is 0.141 e. The van der Waals surface area contributed by atoms with Gasteiger partial charge in [-0.25, -0.2) is 4.39 Å². The van der Waals surface area contributed by atoms with Gasteiger partial charge in [-0.3, -0.25) is 4.90 Å². The maximum atomic E-state index is 13.2. The summed E-state index contributed by atoms with van der Waals surface area (Å²) >= 11 is 5.82. The van der Waals surface area contributed by atoms with E-state index >= 15 is 0 Å². The zero-order valence-corrected chi connectivity index (χ0v) is 12.1. The van der Waals surface area contributed by atoms with Crippen molar-refractivity contribution in [3.8, 4) is 0 Å². The highest BCUT2D eigenvalue weighted by Crippen LogP contribution is 2.42. The van der Waals surface area contributed by atoms with Gasteiger partial charge in [0.15, 0.2) is 0 Å². The summed E-state index contributed by atoms with van der Waals surface area (Å²) in [5.41, 5.74) is 0.978. The molecule has 2 aliphatic heterocycles. The Bertz CT molecular complexity index is 499. The second-order valence-electron chi connectivity index (χ2n) is 5.96. The molecule has 1 aromatic rings. The van der Waals surface area contributed by atoms with Crippen molar-refractivity contribution >= 4 is 11.6 Å². The Kier molecular flexibility index (Phi) is 4.00. The summed E-state index contributed by atoms with van der Waals surface area (Å²) in [4.78, 5) is 2.30. The number of nitrogens with zero attached hydrogens (tertiary/aromatic N) is 1. The van der Waals surface area contributed by atoms with Crippen molar-refractivity contribution in [3.63, 3.8) is 0 Å². The van der Waals surface area contributed by atoms with Crippen LogP contribution in [0.3, 0.4) is 0 Å². The topological polar surface area (TPSA) is 32.7 Å². The molecule has 1 N–H and O–H groups in total. The van der Waals surface area contributed by atoms with Crippen LogP contribution in [0.2, 0.25) is 5.02 Å². The predicted molar refractivity (Wildman–Crippen MR) is 75.1 cm³/mol. The highest BCUT2D eigenvalue weighted by atomic mass is 35.5. The van der Waals surface area contributed by atoms with Gasteiger partial charge in [0, 0.05) is 37.6 Å². The summed E-state index contributed by atoms with van der Waals surface area (Å²) in [6.45, 7) is 4.18. The van der Waals surface area contributed by atoms with Crippen molar-refractivity contribution in [2.75, 3.05) is 32.9 Å². The molecule has 110 valence electrons. The number of likely N-dealkylation sites (tertiary alicyclic amines) is 1. The number of rotatable bonds is 3. The normalized spacial score (nSPS) is 30.4. The molecule has 0 unspecified atom stereocenters. The number of ether oxygens (including phenoxy) is 1. The van der Waals surface area contributed by atoms with Gasteiger partial charge in [0.25, 0.3) is 0 Å². The van der Waals surface area contributed by atoms with Crippen LogP contribution in [0.4, 0.5) is 4.39 Å². The van der Waals surface area contributed by atoms with E-state index < -0.39 is 0 Å². The Morgan fingerprint density at radius 1 is 1.50 bits per heavy atom. The van der Waals surface area contributed by atoms with Crippen molar-refractivity contribution in [2.24, 2.45) is 11.3 Å². The van der Waals surface area contributed by atoms with Gasteiger partial charge in [0.2, 0.25) is 0 Å². The summed E-state index contributed by atoms with van der Waals surface area (Å²) in [6, 6.07) is 4.86. The molecule has 0 spiro atoms. The fourth-order valence-electron chi connectivity index (χ4n) is 3.43. The predicted octanol–water partition coefficient (Wildman–Crippen LogP) is 2.31. The summed E-state index contributed by atoms with van der Waals surface area (Å²) in [5, 5.41) is 9.93. The molecule has 2 atom stereocenters. The molecule has 0 amide bonds. The van der Waals surface area contributed by atoms with Crippen LogP contribution in [0.1, 0.15) is 12.0 Å². The summed E-state index contributed by atoms with van der Waals surface area (Å²) in [5.74, 6) is 0.00269. The first-order valence-electron chi connectivity index (χ1n) is 6.98. The average Bonchev–Trinajstić information content (AvgIpc) is 2.81. The third-order valence-electron chi connectivity index (χ3n) is 4.65. The van der Waals surface area contributed by atoms with Crippen molar-refractivity contribution in [2.45, 2.75) is 13.0 Å². The van der Waals surface area contributed by atoms with Crippen LogP contribution in [0.5, 0.6) is 0 Å². The molecular weight excluding hydrogens is 281 g/mol. The van der Waals surface area contributed by atoms with Crippen molar-refractivity contribution in [1.82, 2.24) is 4.90 Å². The fraction of sp³-hybridized carbons (Fsp3) is 0.600. The SMILES string of the molecule is OC[C@]12CCOC[C@H]1CN(Cc1ccc(F)c(Cl)c1)C2. The van der Waals surface area contributed by atoms with Crippen molar-refractivity contribution in [1.29, 1.82) is 0 Å². The molecule has 0 bridgehead atoms. The standard InChI is InChI=1S/C15H19ClFNO2/c16-13-5-11(1-2-14(13)17)6-18-7-12-8-20-4-3-15(12,9-18)10-19/h1-2,5,12,19H,3-4,6-10H2/t12-,15-/m1/s1. The van der Waals surface area contributed by atoms with Gasteiger partial charge in [0.05, 0.1) is 18.2 Å². The quantitative estimate of drug-likeness (QED) is 0.930. The molecule has 3 rings (SSSR count). The minimum absolute atomic E-state index is 0.0257. The van der Waals surface area contributed by atoms with E-state index in [0.29, 0.717) is 5.92 Å². The van der Waals surface area contributed by atoms with Crippen molar-refractivity contribution < 1.29 is 14.2 Å². The third-order valence-corrected chi connectivity index (χ3v) is 4.94. The zero-order valence-electron chi connectivity index (χ0n) is 11.3. The van der Waals surface area contributed by atoms with Crippen LogP contribution < -0.4 is 0 Å². The Morgan fingerprint density at radius 2 is 2.35 bits per heavy atom. The van der Waals surface area contributed by atoms with Gasteiger partial charge in [-0.1, -0.05) is 17.7 Å². The Balaban J connectivity index is 1.71. The number of hydrogen-bond acceptors (Lipinski definition) is 3. The molecule has 3 nitrogen and oxygen atoms in total. The number of hydrogen-bond donors (Lipinski definition) is 1. The lowest BCUT2D eigenvalue weighted by Gasteiger charge is -2.36. The highest BCUT2D eigenvalue weighted by molar-refractivity contribution is 6.30. The fourth-order valence-corrected chi connectivity index (χ4v) is 3.64. The van der Waals surface area contributed by atoms with Gasteiger partial charge in [0.1, 0.15) is 5.82 Å². The molecule has 2 heterocycles. The van der Waals surface area contributed by atoms with E-state index in [1.165, 1.54) is 6.07 Å². The summed E-state index contributed by atoms with van der Waals surface area (Å²) in [7, 11) is 0. The van der Waals surface area contributed by atoms with Crippen LogP contribution in [-0.4, -0.2) is 42.9 Å². The minimum Gasteiger partial charge on any atom is -0.396 e. The first-order valence-corrected chi connectivity index (χ1v) is 7.36. The maximum Gasteiger partial charge on any atom is 0.141 e. The van der Waals surface area contributed by atoms with Gasteiger partial charge in [-0.2, -0.15) is 0 Å². The van der Waals surface area contributed by atoms with Gasteiger partial charge >= 0.3 is 0 Å². The molecule has 2 fully saturated rings. The minimum atomic E-state index is -0.384. The largest absolute Gasteiger partial charge is 0.396 e. The molecule has 0 radical (unpaired) electrons. The molecule has 5 heteroatoms. The number of fused-ring (bicyclic) bond motifs is 1. The second-order valence-corrected chi connectivity index (χ2v) is 6.37. The van der Waals surface area contributed by atoms with Gasteiger partial charge in [-0.05, 0) is 24.1 Å². The van der Waals surface area contributed by atoms with Crippen LogP contribution >= 0.6 is 11.6 Å². The van der Waals surface area contributed by atoms with Crippen molar-refractivity contribution in [3.05, 3.63) is 34.6 Å². The number of aliphatic hydroxyl groups excluding tert-OH is 1. The van der Waals surface area contributed by atoms with Gasteiger partial charge < -0.3 is 9.84 Å². The molecule has 0 aromatic heterocycles. The van der Waals surface area contributed by atoms with Crippen LogP contribution in [0, 0.1) is 17.2 Å². The molecule has 2 aliphatic rings. The first kappa shape index (κ1) is 14.3. The Morgan fingerprint density at radius 3 is 3.05 bits per heavy atom. The van der Waals surface area contributed by atoms with Gasteiger partial charge in [-0.15, -0.1) is 0 Å². The highest BCUT2D eigenvalue weighted by Gasteiger charge is 2.47. The summed E-state index contributed by atoms with van der Waals surface area (Å²) in [6.07, 6.45) is 0.912. The number of aliphatic hydroxyl groups is 1. The average molecular weight is 300 g/mol. The van der Waals surface area contributed by atoms with E-state index in [1.54, 1.807) is 12.1 Å². The maximum absolute atomic E-state index is 13.2.